The summed E-state index contributed by atoms with van der Waals surface area (Å²) in [6.45, 7) is 3.70. The maximum atomic E-state index is 12.1. The lowest BCUT2D eigenvalue weighted by Crippen LogP contribution is -2.14. The van der Waals surface area contributed by atoms with Crippen LogP contribution < -0.4 is 11.1 Å². The average Bonchev–Trinajstić information content (AvgIpc) is 2.90. The van der Waals surface area contributed by atoms with Crippen molar-refractivity contribution in [3.8, 4) is 0 Å². The number of nitrogens with two attached hydrogens (primary N) is 1. The molecular formula is C13H14N4O3S. The zero-order chi connectivity index (χ0) is 15.6. The summed E-state index contributed by atoms with van der Waals surface area (Å²) in [6, 6.07) is 3.03. The molecule has 7 nitrogen and oxygen atoms in total. The van der Waals surface area contributed by atoms with Crippen LogP contribution in [0.3, 0.4) is 0 Å². The molecule has 2 aromatic rings. The Balaban J connectivity index is 2.28. The molecule has 0 aliphatic heterocycles. The number of nitro benzene ring substituents is 1. The van der Waals surface area contributed by atoms with Gasteiger partial charge in [0.1, 0.15) is 10.7 Å². The number of carbonyl (C=O) groups is 1. The summed E-state index contributed by atoms with van der Waals surface area (Å²) in [4.78, 5) is 26.6. The molecule has 110 valence electrons. The highest BCUT2D eigenvalue weighted by Crippen LogP contribution is 2.26. The fourth-order valence-corrected chi connectivity index (χ4v) is 2.52. The fourth-order valence-electron chi connectivity index (χ4n) is 1.87. The summed E-state index contributed by atoms with van der Waals surface area (Å²) in [6.07, 6.45) is 0. The van der Waals surface area contributed by atoms with Gasteiger partial charge in [-0.15, -0.1) is 11.3 Å². The van der Waals surface area contributed by atoms with E-state index in [9.17, 15) is 14.9 Å². The van der Waals surface area contributed by atoms with Crippen molar-refractivity contribution >= 4 is 28.6 Å². The maximum absolute atomic E-state index is 12.1. The smallest absolute Gasteiger partial charge is 0.275 e. The SMILES string of the molecule is Cc1cc(C)c([N+](=O)[O-])cc1NC(=O)c1csc(CN)n1. The summed E-state index contributed by atoms with van der Waals surface area (Å²) in [7, 11) is 0. The number of anilines is 1. The second kappa shape index (κ2) is 5.98. The van der Waals surface area contributed by atoms with Gasteiger partial charge < -0.3 is 11.1 Å². The van der Waals surface area contributed by atoms with Gasteiger partial charge in [-0.2, -0.15) is 0 Å². The number of thiazole rings is 1. The molecule has 1 heterocycles. The Hall–Kier alpha value is -2.32. The Morgan fingerprint density at radius 3 is 2.71 bits per heavy atom. The van der Waals surface area contributed by atoms with E-state index in [1.54, 1.807) is 25.3 Å². The zero-order valence-corrected chi connectivity index (χ0v) is 12.4. The van der Waals surface area contributed by atoms with Crippen LogP contribution in [0, 0.1) is 24.0 Å². The molecule has 2 rings (SSSR count). The van der Waals surface area contributed by atoms with E-state index in [1.165, 1.54) is 17.4 Å². The number of rotatable bonds is 4. The first-order chi connectivity index (χ1) is 9.92. The molecule has 0 unspecified atom stereocenters. The van der Waals surface area contributed by atoms with Crippen molar-refractivity contribution in [2.24, 2.45) is 5.73 Å². The molecule has 0 radical (unpaired) electrons. The lowest BCUT2D eigenvalue weighted by atomic mass is 10.1. The van der Waals surface area contributed by atoms with Crippen molar-refractivity contribution in [3.63, 3.8) is 0 Å². The predicted octanol–water partition coefficient (Wildman–Crippen LogP) is 2.38. The third-order valence-corrected chi connectivity index (χ3v) is 3.82. The molecular weight excluding hydrogens is 292 g/mol. The van der Waals surface area contributed by atoms with Gasteiger partial charge in [0.25, 0.3) is 11.6 Å². The van der Waals surface area contributed by atoms with Crippen LogP contribution in [0.5, 0.6) is 0 Å². The number of aryl methyl sites for hydroxylation is 2. The van der Waals surface area contributed by atoms with Gasteiger partial charge >= 0.3 is 0 Å². The highest BCUT2D eigenvalue weighted by molar-refractivity contribution is 7.09. The molecule has 1 aromatic carbocycles. The van der Waals surface area contributed by atoms with E-state index in [0.717, 1.165) is 5.56 Å². The Kier molecular flexibility index (Phi) is 4.29. The molecule has 21 heavy (non-hydrogen) atoms. The number of nitrogens with one attached hydrogen (secondary N) is 1. The van der Waals surface area contributed by atoms with Gasteiger partial charge in [-0.05, 0) is 25.5 Å². The number of carbonyl (C=O) groups excluding carboxylic acids is 1. The molecule has 0 aliphatic carbocycles. The summed E-state index contributed by atoms with van der Waals surface area (Å²) >= 11 is 1.30. The van der Waals surface area contributed by atoms with Gasteiger partial charge in [0.05, 0.1) is 10.6 Å². The van der Waals surface area contributed by atoms with Gasteiger partial charge in [0.2, 0.25) is 0 Å². The number of nitro groups is 1. The molecule has 0 fully saturated rings. The largest absolute Gasteiger partial charge is 0.325 e. The van der Waals surface area contributed by atoms with Crippen LogP contribution in [0.2, 0.25) is 0 Å². The van der Waals surface area contributed by atoms with E-state index in [2.05, 4.69) is 10.3 Å². The van der Waals surface area contributed by atoms with Crippen molar-refractivity contribution in [2.75, 3.05) is 5.32 Å². The normalized spacial score (nSPS) is 10.4. The van der Waals surface area contributed by atoms with Gasteiger partial charge in [0.15, 0.2) is 0 Å². The minimum atomic E-state index is -0.472. The van der Waals surface area contributed by atoms with E-state index in [1.807, 2.05) is 0 Å². The Bertz CT molecular complexity index is 711. The molecule has 0 saturated heterocycles. The third-order valence-electron chi connectivity index (χ3n) is 2.95. The van der Waals surface area contributed by atoms with Crippen LogP contribution >= 0.6 is 11.3 Å². The first-order valence-electron chi connectivity index (χ1n) is 6.14. The Labute approximate surface area is 125 Å². The molecule has 0 aliphatic rings. The molecule has 0 spiro atoms. The summed E-state index contributed by atoms with van der Waals surface area (Å²) in [5.41, 5.74) is 7.38. The number of benzene rings is 1. The summed E-state index contributed by atoms with van der Waals surface area (Å²) in [5, 5.41) is 15.9. The van der Waals surface area contributed by atoms with Crippen LogP contribution in [0.15, 0.2) is 17.5 Å². The number of amides is 1. The molecule has 1 amide bonds. The molecule has 8 heteroatoms. The minimum absolute atomic E-state index is 0.0307. The van der Waals surface area contributed by atoms with Gasteiger partial charge in [-0.25, -0.2) is 4.98 Å². The van der Waals surface area contributed by atoms with Gasteiger partial charge in [-0.1, -0.05) is 0 Å². The lowest BCUT2D eigenvalue weighted by molar-refractivity contribution is -0.385. The average molecular weight is 306 g/mol. The highest BCUT2D eigenvalue weighted by Gasteiger charge is 2.17. The van der Waals surface area contributed by atoms with Crippen LogP contribution in [-0.4, -0.2) is 15.8 Å². The van der Waals surface area contributed by atoms with Crippen molar-refractivity contribution in [3.05, 3.63) is 49.5 Å². The summed E-state index contributed by atoms with van der Waals surface area (Å²) < 4.78 is 0. The first kappa shape index (κ1) is 15.1. The van der Waals surface area contributed by atoms with Crippen molar-refractivity contribution < 1.29 is 9.72 Å². The number of hydrogen-bond acceptors (Lipinski definition) is 6. The Morgan fingerprint density at radius 2 is 2.14 bits per heavy atom. The van der Waals surface area contributed by atoms with Crippen molar-refractivity contribution in [1.29, 1.82) is 0 Å². The monoisotopic (exact) mass is 306 g/mol. The fraction of sp³-hybridized carbons (Fsp3) is 0.231. The molecule has 3 N–H and O–H groups in total. The van der Waals surface area contributed by atoms with Gasteiger partial charge in [0, 0.05) is 23.6 Å². The summed E-state index contributed by atoms with van der Waals surface area (Å²) in [5.74, 6) is -0.410. The standard InChI is InChI=1S/C13H14N4O3S/c1-7-3-8(2)11(17(19)20)4-9(7)16-13(18)10-6-21-12(5-14)15-10/h3-4,6H,5,14H2,1-2H3,(H,16,18). The van der Waals surface area contributed by atoms with Crippen molar-refractivity contribution in [1.82, 2.24) is 4.98 Å². The quantitative estimate of drug-likeness (QED) is 0.665. The second-order valence-corrected chi connectivity index (χ2v) is 5.44. The maximum Gasteiger partial charge on any atom is 0.275 e. The van der Waals surface area contributed by atoms with Crippen LogP contribution in [0.25, 0.3) is 0 Å². The zero-order valence-electron chi connectivity index (χ0n) is 11.5. The molecule has 1 aromatic heterocycles. The van der Waals surface area contributed by atoms with Crippen LogP contribution in [0.1, 0.15) is 26.6 Å². The lowest BCUT2D eigenvalue weighted by Gasteiger charge is -2.08. The topological polar surface area (TPSA) is 111 Å². The minimum Gasteiger partial charge on any atom is -0.325 e. The van der Waals surface area contributed by atoms with E-state index in [-0.39, 0.29) is 17.9 Å². The Morgan fingerprint density at radius 1 is 1.43 bits per heavy atom. The molecule has 0 saturated carbocycles. The number of aromatic nitrogens is 1. The first-order valence-corrected chi connectivity index (χ1v) is 7.01. The number of nitrogens with zero attached hydrogens (tertiary/aromatic N) is 2. The van der Waals surface area contributed by atoms with Crippen molar-refractivity contribution in [2.45, 2.75) is 20.4 Å². The predicted molar refractivity (Wildman–Crippen MR) is 80.5 cm³/mol. The van der Waals surface area contributed by atoms with Gasteiger partial charge in [-0.3, -0.25) is 14.9 Å². The van der Waals surface area contributed by atoms with Crippen LogP contribution in [0.4, 0.5) is 11.4 Å². The second-order valence-electron chi connectivity index (χ2n) is 4.50. The molecule has 0 bridgehead atoms. The van der Waals surface area contributed by atoms with E-state index < -0.39 is 10.8 Å². The van der Waals surface area contributed by atoms with E-state index >= 15 is 0 Å². The third kappa shape index (κ3) is 3.23. The van der Waals surface area contributed by atoms with E-state index in [0.29, 0.717) is 16.3 Å². The number of hydrogen-bond donors (Lipinski definition) is 2. The van der Waals surface area contributed by atoms with Crippen LogP contribution in [-0.2, 0) is 6.54 Å². The van der Waals surface area contributed by atoms with E-state index in [4.69, 9.17) is 5.73 Å². The molecule has 0 atom stereocenters. The highest BCUT2D eigenvalue weighted by atomic mass is 32.1.